The van der Waals surface area contributed by atoms with Gasteiger partial charge in [-0.25, -0.2) is 8.42 Å². The van der Waals surface area contributed by atoms with Crippen LogP contribution in [0.5, 0.6) is 5.75 Å². The SMILES string of the molecule is COc1ccccc1N(C)S(=O)(=O)c1ccc(C)c(C(=O)Nc2ccccc2C(=O)N(C)C)c1. The number of carbonyl (C=O) groups excluding carboxylic acids is 2. The fourth-order valence-corrected chi connectivity index (χ4v) is 4.63. The molecule has 178 valence electrons. The van der Waals surface area contributed by atoms with Crippen molar-refractivity contribution in [3.63, 3.8) is 0 Å². The lowest BCUT2D eigenvalue weighted by Crippen LogP contribution is -2.27. The van der Waals surface area contributed by atoms with E-state index in [4.69, 9.17) is 4.74 Å². The lowest BCUT2D eigenvalue weighted by Gasteiger charge is -2.22. The zero-order valence-electron chi connectivity index (χ0n) is 19.7. The van der Waals surface area contributed by atoms with Crippen molar-refractivity contribution in [2.45, 2.75) is 11.8 Å². The molecule has 9 heteroatoms. The third kappa shape index (κ3) is 4.89. The second-order valence-corrected chi connectivity index (χ2v) is 9.79. The lowest BCUT2D eigenvalue weighted by molar-refractivity contribution is 0.0828. The van der Waals surface area contributed by atoms with Crippen LogP contribution in [0, 0.1) is 6.92 Å². The van der Waals surface area contributed by atoms with Crippen molar-refractivity contribution in [3.05, 3.63) is 83.4 Å². The highest BCUT2D eigenvalue weighted by atomic mass is 32.2. The first-order chi connectivity index (χ1) is 16.1. The van der Waals surface area contributed by atoms with Gasteiger partial charge in [0.05, 0.1) is 28.9 Å². The largest absolute Gasteiger partial charge is 0.495 e. The molecule has 0 aliphatic carbocycles. The first kappa shape index (κ1) is 24.8. The summed E-state index contributed by atoms with van der Waals surface area (Å²) in [7, 11) is 2.15. The Morgan fingerprint density at radius 1 is 0.882 bits per heavy atom. The molecule has 3 aromatic rings. The molecule has 0 radical (unpaired) electrons. The zero-order valence-corrected chi connectivity index (χ0v) is 20.5. The summed E-state index contributed by atoms with van der Waals surface area (Å²) in [6.07, 6.45) is 0. The van der Waals surface area contributed by atoms with Crippen LogP contribution in [0.4, 0.5) is 11.4 Å². The smallest absolute Gasteiger partial charge is 0.264 e. The van der Waals surface area contributed by atoms with E-state index < -0.39 is 15.9 Å². The molecule has 2 amide bonds. The van der Waals surface area contributed by atoms with Crippen molar-refractivity contribution in [3.8, 4) is 5.75 Å². The normalized spacial score (nSPS) is 11.0. The Bertz CT molecular complexity index is 1340. The zero-order chi connectivity index (χ0) is 25.0. The highest BCUT2D eigenvalue weighted by Gasteiger charge is 2.25. The predicted octanol–water partition coefficient (Wildman–Crippen LogP) is 3.78. The molecule has 0 aromatic heterocycles. The molecule has 0 atom stereocenters. The van der Waals surface area contributed by atoms with Gasteiger partial charge in [0, 0.05) is 26.7 Å². The van der Waals surface area contributed by atoms with E-state index in [1.54, 1.807) is 75.6 Å². The Morgan fingerprint density at radius 3 is 2.21 bits per heavy atom. The Balaban J connectivity index is 1.97. The maximum Gasteiger partial charge on any atom is 0.264 e. The number of para-hydroxylation sites is 3. The molecular weight excluding hydrogens is 454 g/mol. The second kappa shape index (κ2) is 9.96. The number of methoxy groups -OCH3 is 1. The fraction of sp³-hybridized carbons (Fsp3) is 0.200. The predicted molar refractivity (Wildman–Crippen MR) is 132 cm³/mol. The van der Waals surface area contributed by atoms with Crippen LogP contribution in [0.25, 0.3) is 0 Å². The Kier molecular flexibility index (Phi) is 7.26. The van der Waals surface area contributed by atoms with Gasteiger partial charge in [-0.3, -0.25) is 13.9 Å². The number of anilines is 2. The highest BCUT2D eigenvalue weighted by molar-refractivity contribution is 7.92. The molecule has 0 spiro atoms. The summed E-state index contributed by atoms with van der Waals surface area (Å²) in [6.45, 7) is 1.71. The van der Waals surface area contributed by atoms with Crippen LogP contribution in [-0.2, 0) is 10.0 Å². The number of hydrogen-bond acceptors (Lipinski definition) is 5. The number of nitrogens with one attached hydrogen (secondary N) is 1. The van der Waals surface area contributed by atoms with Crippen molar-refractivity contribution in [1.82, 2.24) is 4.90 Å². The summed E-state index contributed by atoms with van der Waals surface area (Å²) in [5.41, 5.74) is 1.81. The molecule has 0 fully saturated rings. The Morgan fingerprint density at radius 2 is 1.53 bits per heavy atom. The second-order valence-electron chi connectivity index (χ2n) is 7.82. The van der Waals surface area contributed by atoms with Crippen molar-refractivity contribution < 1.29 is 22.7 Å². The van der Waals surface area contributed by atoms with Crippen LogP contribution in [0.3, 0.4) is 0 Å². The van der Waals surface area contributed by atoms with Crippen LogP contribution in [0.15, 0.2) is 71.6 Å². The number of rotatable bonds is 7. The third-order valence-electron chi connectivity index (χ3n) is 5.35. The van der Waals surface area contributed by atoms with Crippen LogP contribution in [0.1, 0.15) is 26.3 Å². The molecular formula is C25H27N3O5S. The number of carbonyl (C=O) groups is 2. The third-order valence-corrected chi connectivity index (χ3v) is 7.12. The van der Waals surface area contributed by atoms with E-state index in [0.29, 0.717) is 28.3 Å². The molecule has 34 heavy (non-hydrogen) atoms. The minimum atomic E-state index is -3.99. The van der Waals surface area contributed by atoms with E-state index in [1.807, 2.05) is 0 Å². The van der Waals surface area contributed by atoms with Gasteiger partial charge in [0.25, 0.3) is 21.8 Å². The maximum atomic E-state index is 13.4. The summed E-state index contributed by atoms with van der Waals surface area (Å²) in [4.78, 5) is 27.0. The van der Waals surface area contributed by atoms with Gasteiger partial charge in [0.2, 0.25) is 0 Å². The van der Waals surface area contributed by atoms with Gasteiger partial charge >= 0.3 is 0 Å². The van der Waals surface area contributed by atoms with Crippen LogP contribution < -0.4 is 14.4 Å². The van der Waals surface area contributed by atoms with E-state index in [-0.39, 0.29) is 16.4 Å². The number of aryl methyl sites for hydroxylation is 1. The van der Waals surface area contributed by atoms with Gasteiger partial charge < -0.3 is 15.0 Å². The first-order valence-electron chi connectivity index (χ1n) is 10.4. The molecule has 0 heterocycles. The molecule has 0 aliphatic heterocycles. The molecule has 1 N–H and O–H groups in total. The van der Waals surface area contributed by atoms with Gasteiger partial charge in [-0.2, -0.15) is 0 Å². The van der Waals surface area contributed by atoms with Gasteiger partial charge in [-0.15, -0.1) is 0 Å². The van der Waals surface area contributed by atoms with Gasteiger partial charge in [0.1, 0.15) is 5.75 Å². The minimum Gasteiger partial charge on any atom is -0.495 e. The maximum absolute atomic E-state index is 13.4. The summed E-state index contributed by atoms with van der Waals surface area (Å²) >= 11 is 0. The number of nitrogens with zero attached hydrogens (tertiary/aromatic N) is 2. The van der Waals surface area contributed by atoms with Gasteiger partial charge in [0.15, 0.2) is 0 Å². The van der Waals surface area contributed by atoms with E-state index in [1.165, 1.54) is 31.2 Å². The lowest BCUT2D eigenvalue weighted by atomic mass is 10.1. The Hall–Kier alpha value is -3.85. The van der Waals surface area contributed by atoms with E-state index in [2.05, 4.69) is 5.32 Å². The molecule has 3 aromatic carbocycles. The van der Waals surface area contributed by atoms with E-state index >= 15 is 0 Å². The molecule has 3 rings (SSSR count). The number of amides is 2. The summed E-state index contributed by atoms with van der Waals surface area (Å²) < 4.78 is 33.1. The summed E-state index contributed by atoms with van der Waals surface area (Å²) in [6, 6.07) is 17.8. The van der Waals surface area contributed by atoms with Crippen LogP contribution in [0.2, 0.25) is 0 Å². The Labute approximate surface area is 199 Å². The quantitative estimate of drug-likeness (QED) is 0.554. The topological polar surface area (TPSA) is 96.0 Å². The van der Waals surface area contributed by atoms with Crippen molar-refractivity contribution in [2.24, 2.45) is 0 Å². The monoisotopic (exact) mass is 481 g/mol. The van der Waals surface area contributed by atoms with Crippen molar-refractivity contribution in [2.75, 3.05) is 37.9 Å². The number of ether oxygens (including phenoxy) is 1. The number of benzene rings is 3. The standard InChI is InChI=1S/C25H27N3O5S/c1-17-14-15-18(34(31,32)28(4)22-12-8-9-13-23(22)33-5)16-20(17)24(29)26-21-11-7-6-10-19(21)25(30)27(2)3/h6-16H,1-5H3,(H,26,29). The average molecular weight is 482 g/mol. The highest BCUT2D eigenvalue weighted by Crippen LogP contribution is 2.31. The van der Waals surface area contributed by atoms with Gasteiger partial charge in [-0.05, 0) is 48.9 Å². The fourth-order valence-electron chi connectivity index (χ4n) is 3.39. The van der Waals surface area contributed by atoms with E-state index in [9.17, 15) is 18.0 Å². The van der Waals surface area contributed by atoms with Crippen molar-refractivity contribution in [1.29, 1.82) is 0 Å². The average Bonchev–Trinajstić information content (AvgIpc) is 2.83. The van der Waals surface area contributed by atoms with E-state index in [0.717, 1.165) is 4.31 Å². The van der Waals surface area contributed by atoms with Crippen molar-refractivity contribution >= 4 is 33.2 Å². The number of hydrogen-bond donors (Lipinski definition) is 1. The molecule has 0 saturated carbocycles. The summed E-state index contributed by atoms with van der Waals surface area (Å²) in [5.74, 6) is -0.378. The van der Waals surface area contributed by atoms with Crippen LogP contribution >= 0.6 is 0 Å². The minimum absolute atomic E-state index is 0.0469. The molecule has 8 nitrogen and oxygen atoms in total. The van der Waals surface area contributed by atoms with Crippen LogP contribution in [-0.4, -0.2) is 53.4 Å². The summed E-state index contributed by atoms with van der Waals surface area (Å²) in [5, 5.41) is 2.75. The molecule has 0 aliphatic rings. The number of sulfonamides is 1. The first-order valence-corrected chi connectivity index (χ1v) is 11.9. The molecule has 0 unspecified atom stereocenters. The molecule has 0 saturated heterocycles. The molecule has 0 bridgehead atoms. The van der Waals surface area contributed by atoms with Gasteiger partial charge in [-0.1, -0.05) is 30.3 Å².